The zero-order valence-electron chi connectivity index (χ0n) is 11.5. The lowest BCUT2D eigenvalue weighted by Gasteiger charge is -2.39. The van der Waals surface area contributed by atoms with Crippen LogP contribution in [0.2, 0.25) is 0 Å². The Morgan fingerprint density at radius 2 is 1.78 bits per heavy atom. The van der Waals surface area contributed by atoms with Gasteiger partial charge in [-0.2, -0.15) is 0 Å². The van der Waals surface area contributed by atoms with Gasteiger partial charge in [-0.25, -0.2) is 0 Å². The van der Waals surface area contributed by atoms with Crippen molar-refractivity contribution in [2.75, 3.05) is 13.1 Å². The molecule has 0 spiro atoms. The highest BCUT2D eigenvalue weighted by Crippen LogP contribution is 2.29. The molecule has 1 amide bonds. The first-order valence-corrected chi connectivity index (χ1v) is 7.24. The third-order valence-corrected chi connectivity index (χ3v) is 4.65. The summed E-state index contributed by atoms with van der Waals surface area (Å²) in [5.41, 5.74) is 5.78. The summed E-state index contributed by atoms with van der Waals surface area (Å²) in [4.78, 5) is 14.5. The summed E-state index contributed by atoms with van der Waals surface area (Å²) in [5, 5.41) is 0. The summed E-state index contributed by atoms with van der Waals surface area (Å²) in [7, 11) is 0. The Kier molecular flexibility index (Phi) is 5.93. The average Bonchev–Trinajstić information content (AvgIpc) is 2.39. The van der Waals surface area contributed by atoms with Crippen LogP contribution in [0.5, 0.6) is 0 Å². The Morgan fingerprint density at radius 1 is 1.22 bits per heavy atom. The average molecular weight is 275 g/mol. The predicted molar refractivity (Wildman–Crippen MR) is 76.8 cm³/mol. The minimum atomic E-state index is -0.530. The van der Waals surface area contributed by atoms with Crippen LogP contribution >= 0.6 is 12.4 Å². The highest BCUT2D eigenvalue weighted by molar-refractivity contribution is 5.86. The van der Waals surface area contributed by atoms with E-state index in [1.54, 1.807) is 0 Å². The number of nitrogens with two attached hydrogens (primary N) is 1. The van der Waals surface area contributed by atoms with Gasteiger partial charge in [0.15, 0.2) is 0 Å². The molecule has 1 heterocycles. The van der Waals surface area contributed by atoms with Gasteiger partial charge in [-0.05, 0) is 31.6 Å². The predicted octanol–water partition coefficient (Wildman–Crippen LogP) is 2.72. The molecule has 2 N–H and O–H groups in total. The van der Waals surface area contributed by atoms with E-state index in [1.807, 2.05) is 4.90 Å². The minimum Gasteiger partial charge on any atom is -0.341 e. The molecule has 106 valence electrons. The molecule has 2 fully saturated rings. The van der Waals surface area contributed by atoms with Crippen molar-refractivity contribution in [2.45, 2.75) is 63.8 Å². The molecule has 2 rings (SSSR count). The smallest absolute Gasteiger partial charge is 0.242 e. The molecule has 2 aliphatic rings. The summed E-state index contributed by atoms with van der Waals surface area (Å²) < 4.78 is 0. The van der Waals surface area contributed by atoms with E-state index in [9.17, 15) is 4.79 Å². The van der Waals surface area contributed by atoms with Gasteiger partial charge < -0.3 is 10.6 Å². The third kappa shape index (κ3) is 3.39. The fourth-order valence-electron chi connectivity index (χ4n) is 3.26. The fourth-order valence-corrected chi connectivity index (χ4v) is 3.26. The molecular weight excluding hydrogens is 248 g/mol. The van der Waals surface area contributed by atoms with Crippen LogP contribution in [-0.2, 0) is 4.79 Å². The van der Waals surface area contributed by atoms with Crippen molar-refractivity contribution < 1.29 is 4.79 Å². The van der Waals surface area contributed by atoms with Gasteiger partial charge in [0.25, 0.3) is 0 Å². The Bertz CT molecular complexity index is 269. The van der Waals surface area contributed by atoms with Crippen LogP contribution in [0.15, 0.2) is 0 Å². The zero-order chi connectivity index (χ0) is 12.3. The molecule has 0 bridgehead atoms. The second-order valence-electron chi connectivity index (χ2n) is 5.86. The molecule has 0 aromatic carbocycles. The molecule has 1 saturated heterocycles. The van der Waals surface area contributed by atoms with Gasteiger partial charge in [-0.1, -0.05) is 32.6 Å². The maximum absolute atomic E-state index is 12.5. The highest BCUT2D eigenvalue weighted by atomic mass is 35.5. The van der Waals surface area contributed by atoms with Gasteiger partial charge in [-0.3, -0.25) is 4.79 Å². The number of nitrogens with zero attached hydrogens (tertiary/aromatic N) is 1. The number of amides is 1. The maximum Gasteiger partial charge on any atom is 0.242 e. The van der Waals surface area contributed by atoms with Crippen LogP contribution in [0.1, 0.15) is 58.3 Å². The Balaban J connectivity index is 0.00000162. The Morgan fingerprint density at radius 3 is 2.28 bits per heavy atom. The molecular formula is C14H27ClN2O. The molecule has 1 aliphatic heterocycles. The van der Waals surface area contributed by atoms with Crippen molar-refractivity contribution in [1.29, 1.82) is 0 Å². The molecule has 1 aliphatic carbocycles. The molecule has 4 heteroatoms. The third-order valence-electron chi connectivity index (χ3n) is 4.65. The number of halogens is 1. The Labute approximate surface area is 117 Å². The molecule has 0 aromatic heterocycles. The number of piperidine rings is 1. The summed E-state index contributed by atoms with van der Waals surface area (Å²) in [6.45, 7) is 4.10. The molecule has 18 heavy (non-hydrogen) atoms. The van der Waals surface area contributed by atoms with Gasteiger partial charge >= 0.3 is 0 Å². The lowest BCUT2D eigenvalue weighted by atomic mass is 9.81. The van der Waals surface area contributed by atoms with E-state index in [0.717, 1.165) is 44.7 Å². The quantitative estimate of drug-likeness (QED) is 0.842. The number of hydrogen-bond donors (Lipinski definition) is 1. The van der Waals surface area contributed by atoms with Crippen molar-refractivity contribution >= 4 is 18.3 Å². The van der Waals surface area contributed by atoms with E-state index >= 15 is 0 Å². The van der Waals surface area contributed by atoms with E-state index in [1.165, 1.54) is 25.7 Å². The first kappa shape index (κ1) is 15.8. The lowest BCUT2D eigenvalue weighted by molar-refractivity contribution is -0.139. The minimum absolute atomic E-state index is 0. The topological polar surface area (TPSA) is 46.3 Å². The number of rotatable bonds is 2. The van der Waals surface area contributed by atoms with E-state index < -0.39 is 5.54 Å². The monoisotopic (exact) mass is 274 g/mol. The van der Waals surface area contributed by atoms with E-state index in [-0.39, 0.29) is 18.3 Å². The molecule has 0 aromatic rings. The lowest BCUT2D eigenvalue weighted by Crippen LogP contribution is -2.57. The number of hydrogen-bond acceptors (Lipinski definition) is 2. The summed E-state index contributed by atoms with van der Waals surface area (Å²) >= 11 is 0. The van der Waals surface area contributed by atoms with Crippen LogP contribution in [0.3, 0.4) is 0 Å². The largest absolute Gasteiger partial charge is 0.341 e. The Hall–Kier alpha value is -0.280. The molecule has 0 atom stereocenters. The van der Waals surface area contributed by atoms with Crippen LogP contribution in [0, 0.1) is 5.92 Å². The molecule has 1 saturated carbocycles. The second-order valence-corrected chi connectivity index (χ2v) is 5.86. The van der Waals surface area contributed by atoms with Gasteiger partial charge in [0.05, 0.1) is 5.54 Å². The fraction of sp³-hybridized carbons (Fsp3) is 0.929. The van der Waals surface area contributed by atoms with Crippen molar-refractivity contribution in [1.82, 2.24) is 4.90 Å². The van der Waals surface area contributed by atoms with E-state index in [2.05, 4.69) is 6.92 Å². The number of carbonyl (C=O) groups excluding carboxylic acids is 1. The van der Waals surface area contributed by atoms with Crippen LogP contribution in [-0.4, -0.2) is 29.4 Å². The van der Waals surface area contributed by atoms with Crippen molar-refractivity contribution in [3.05, 3.63) is 0 Å². The van der Waals surface area contributed by atoms with Crippen LogP contribution < -0.4 is 5.73 Å². The second kappa shape index (κ2) is 6.76. The van der Waals surface area contributed by atoms with E-state index in [0.29, 0.717) is 0 Å². The van der Waals surface area contributed by atoms with Gasteiger partial charge in [0.2, 0.25) is 5.91 Å². The zero-order valence-corrected chi connectivity index (χ0v) is 12.3. The standard InChI is InChI=1S/C14H26N2O.ClH/c1-2-12-6-10-16(11-7-12)13(17)14(15)8-4-3-5-9-14;/h12H,2-11,15H2,1H3;1H. The number of likely N-dealkylation sites (tertiary alicyclic amines) is 1. The first-order valence-electron chi connectivity index (χ1n) is 7.24. The summed E-state index contributed by atoms with van der Waals surface area (Å²) in [5.74, 6) is 1.05. The molecule has 3 nitrogen and oxygen atoms in total. The molecule has 0 radical (unpaired) electrons. The first-order chi connectivity index (χ1) is 8.15. The molecule has 0 unspecified atom stereocenters. The van der Waals surface area contributed by atoms with Crippen molar-refractivity contribution in [3.8, 4) is 0 Å². The van der Waals surface area contributed by atoms with Crippen LogP contribution in [0.4, 0.5) is 0 Å². The summed E-state index contributed by atoms with van der Waals surface area (Å²) in [6.07, 6.45) is 8.83. The van der Waals surface area contributed by atoms with Gasteiger partial charge in [-0.15, -0.1) is 12.4 Å². The summed E-state index contributed by atoms with van der Waals surface area (Å²) in [6, 6.07) is 0. The van der Waals surface area contributed by atoms with Gasteiger partial charge in [0, 0.05) is 13.1 Å². The highest BCUT2D eigenvalue weighted by Gasteiger charge is 2.39. The van der Waals surface area contributed by atoms with Gasteiger partial charge in [0.1, 0.15) is 0 Å². The maximum atomic E-state index is 12.5. The number of carbonyl (C=O) groups is 1. The van der Waals surface area contributed by atoms with E-state index in [4.69, 9.17) is 5.73 Å². The SMILES string of the molecule is CCC1CCN(C(=O)C2(N)CCCCC2)CC1.Cl. The van der Waals surface area contributed by atoms with Crippen molar-refractivity contribution in [3.63, 3.8) is 0 Å². The van der Waals surface area contributed by atoms with Crippen LogP contribution in [0.25, 0.3) is 0 Å². The normalized spacial score (nSPS) is 24.4. The van der Waals surface area contributed by atoms with Crippen molar-refractivity contribution in [2.24, 2.45) is 11.7 Å².